The number of hydrogen-bond acceptors (Lipinski definition) is 4. The molecule has 0 saturated carbocycles. The minimum atomic E-state index is -0.501. The van der Waals surface area contributed by atoms with Crippen LogP contribution in [0.2, 0.25) is 0 Å². The normalized spacial score (nSPS) is 16.4. The summed E-state index contributed by atoms with van der Waals surface area (Å²) in [5.74, 6) is 1.52. The maximum absolute atomic E-state index is 13.2. The fourth-order valence-electron chi connectivity index (χ4n) is 3.40. The molecular formula is C21H21N3O3S. The predicted octanol–water partition coefficient (Wildman–Crippen LogP) is 3.34. The van der Waals surface area contributed by atoms with Gasteiger partial charge in [0.05, 0.1) is 13.0 Å². The van der Waals surface area contributed by atoms with Gasteiger partial charge in [0.2, 0.25) is 5.91 Å². The largest absolute Gasteiger partial charge is 0.497 e. The van der Waals surface area contributed by atoms with E-state index in [4.69, 9.17) is 4.74 Å². The number of benzene rings is 2. The molecule has 0 aliphatic carbocycles. The zero-order valence-corrected chi connectivity index (χ0v) is 16.5. The van der Waals surface area contributed by atoms with Crippen molar-refractivity contribution in [1.29, 1.82) is 0 Å². The molecule has 0 spiro atoms. The average Bonchev–Trinajstić information content (AvgIpc) is 3.35. The fraction of sp³-hybridized carbons (Fsp3) is 0.238. The molecule has 0 bridgehead atoms. The van der Waals surface area contributed by atoms with Gasteiger partial charge in [-0.05, 0) is 42.5 Å². The number of methoxy groups -OCH3 is 1. The van der Waals surface area contributed by atoms with Gasteiger partial charge in [-0.1, -0.05) is 6.07 Å². The first kappa shape index (κ1) is 18.4. The molecule has 2 heterocycles. The summed E-state index contributed by atoms with van der Waals surface area (Å²) in [4.78, 5) is 27.7. The van der Waals surface area contributed by atoms with Gasteiger partial charge in [-0.25, -0.2) is 0 Å². The Bertz CT molecular complexity index is 1030. The highest BCUT2D eigenvalue weighted by Gasteiger charge is 2.35. The van der Waals surface area contributed by atoms with E-state index in [1.165, 1.54) is 0 Å². The minimum Gasteiger partial charge on any atom is -0.497 e. The second kappa shape index (κ2) is 7.59. The SMILES string of the molecule is COc1ccc(NC(=O)C2CSCN2C(=O)c2cccc3c2ccn3C)cc1. The van der Waals surface area contributed by atoms with Gasteiger partial charge >= 0.3 is 0 Å². The maximum Gasteiger partial charge on any atom is 0.255 e. The molecule has 2 amide bonds. The molecule has 144 valence electrons. The molecule has 6 nitrogen and oxygen atoms in total. The highest BCUT2D eigenvalue weighted by molar-refractivity contribution is 7.99. The van der Waals surface area contributed by atoms with Crippen LogP contribution < -0.4 is 10.1 Å². The number of nitrogens with zero attached hydrogens (tertiary/aromatic N) is 2. The summed E-state index contributed by atoms with van der Waals surface area (Å²) in [7, 11) is 3.55. The third kappa shape index (κ3) is 3.33. The number of amides is 2. The van der Waals surface area contributed by atoms with Crippen molar-refractivity contribution in [3.05, 3.63) is 60.3 Å². The molecule has 1 aliphatic rings. The summed E-state index contributed by atoms with van der Waals surface area (Å²) >= 11 is 1.59. The number of carbonyl (C=O) groups is 2. The van der Waals surface area contributed by atoms with Gasteiger partial charge in [0.1, 0.15) is 11.8 Å². The predicted molar refractivity (Wildman–Crippen MR) is 112 cm³/mol. The smallest absolute Gasteiger partial charge is 0.255 e. The number of hydrogen-bond donors (Lipinski definition) is 1. The molecule has 1 aliphatic heterocycles. The lowest BCUT2D eigenvalue weighted by Crippen LogP contribution is -2.44. The quantitative estimate of drug-likeness (QED) is 0.736. The molecule has 1 aromatic heterocycles. The van der Waals surface area contributed by atoms with Crippen molar-refractivity contribution in [3.63, 3.8) is 0 Å². The Balaban J connectivity index is 1.55. The second-order valence-electron chi connectivity index (χ2n) is 6.67. The lowest BCUT2D eigenvalue weighted by atomic mass is 10.1. The molecule has 4 rings (SSSR count). The van der Waals surface area contributed by atoms with E-state index >= 15 is 0 Å². The fourth-order valence-corrected chi connectivity index (χ4v) is 4.56. The van der Waals surface area contributed by atoms with Crippen molar-refractivity contribution in [3.8, 4) is 5.75 Å². The molecule has 1 atom stereocenters. The molecule has 1 N–H and O–H groups in total. The van der Waals surface area contributed by atoms with Crippen LogP contribution in [0.25, 0.3) is 10.9 Å². The molecule has 2 aromatic carbocycles. The molecule has 1 unspecified atom stereocenters. The molecule has 7 heteroatoms. The Kier molecular flexibility index (Phi) is 5.00. The number of aromatic nitrogens is 1. The zero-order valence-electron chi connectivity index (χ0n) is 15.7. The minimum absolute atomic E-state index is 0.114. The van der Waals surface area contributed by atoms with E-state index in [-0.39, 0.29) is 11.8 Å². The van der Waals surface area contributed by atoms with Gasteiger partial charge in [0.25, 0.3) is 5.91 Å². The van der Waals surface area contributed by atoms with Crippen LogP contribution in [0.4, 0.5) is 5.69 Å². The van der Waals surface area contributed by atoms with E-state index in [1.807, 2.05) is 42.1 Å². The second-order valence-corrected chi connectivity index (χ2v) is 7.67. The van der Waals surface area contributed by atoms with Crippen molar-refractivity contribution >= 4 is 40.2 Å². The molecule has 1 fully saturated rings. The topological polar surface area (TPSA) is 63.6 Å². The Morgan fingerprint density at radius 1 is 1.14 bits per heavy atom. The number of thioether (sulfide) groups is 1. The summed E-state index contributed by atoms with van der Waals surface area (Å²) in [6.45, 7) is 0. The lowest BCUT2D eigenvalue weighted by molar-refractivity contribution is -0.119. The van der Waals surface area contributed by atoms with Crippen molar-refractivity contribution in [2.45, 2.75) is 6.04 Å². The van der Waals surface area contributed by atoms with Gasteiger partial charge in [-0.3, -0.25) is 9.59 Å². The van der Waals surface area contributed by atoms with Gasteiger partial charge in [0.15, 0.2) is 0 Å². The van der Waals surface area contributed by atoms with E-state index in [9.17, 15) is 9.59 Å². The van der Waals surface area contributed by atoms with Crippen LogP contribution in [0, 0.1) is 0 Å². The summed E-state index contributed by atoms with van der Waals surface area (Å²) < 4.78 is 7.12. The van der Waals surface area contributed by atoms with Crippen molar-refractivity contribution in [2.75, 3.05) is 24.1 Å². The highest BCUT2D eigenvalue weighted by Crippen LogP contribution is 2.28. The van der Waals surface area contributed by atoms with Crippen LogP contribution in [-0.2, 0) is 11.8 Å². The third-order valence-corrected chi connectivity index (χ3v) is 5.97. The molecule has 0 radical (unpaired) electrons. The average molecular weight is 395 g/mol. The Labute approximate surface area is 167 Å². The molecule has 28 heavy (non-hydrogen) atoms. The van der Waals surface area contributed by atoms with Gasteiger partial charge in [0, 0.05) is 41.2 Å². The van der Waals surface area contributed by atoms with E-state index < -0.39 is 6.04 Å². The van der Waals surface area contributed by atoms with E-state index in [0.717, 1.165) is 16.7 Å². The highest BCUT2D eigenvalue weighted by atomic mass is 32.2. The van der Waals surface area contributed by atoms with Gasteiger partial charge in [-0.2, -0.15) is 0 Å². The van der Waals surface area contributed by atoms with Crippen LogP contribution in [0.15, 0.2) is 54.7 Å². The number of carbonyl (C=O) groups excluding carboxylic acids is 2. The Morgan fingerprint density at radius 3 is 2.68 bits per heavy atom. The van der Waals surface area contributed by atoms with E-state index in [0.29, 0.717) is 22.9 Å². The van der Waals surface area contributed by atoms with Crippen molar-refractivity contribution in [2.24, 2.45) is 7.05 Å². The summed E-state index contributed by atoms with van der Waals surface area (Å²) in [5.41, 5.74) is 2.31. The number of fused-ring (bicyclic) bond motifs is 1. The molecule has 1 saturated heterocycles. The van der Waals surface area contributed by atoms with Gasteiger partial charge < -0.3 is 19.5 Å². The zero-order chi connectivity index (χ0) is 19.7. The number of anilines is 1. The lowest BCUT2D eigenvalue weighted by Gasteiger charge is -2.23. The van der Waals surface area contributed by atoms with Crippen LogP contribution in [0.3, 0.4) is 0 Å². The van der Waals surface area contributed by atoms with Crippen LogP contribution >= 0.6 is 11.8 Å². The number of rotatable bonds is 4. The first-order chi connectivity index (χ1) is 13.6. The summed E-state index contributed by atoms with van der Waals surface area (Å²) in [5, 5.41) is 3.81. The number of ether oxygens (including phenoxy) is 1. The maximum atomic E-state index is 13.2. The van der Waals surface area contributed by atoms with E-state index in [1.54, 1.807) is 48.0 Å². The van der Waals surface area contributed by atoms with Gasteiger partial charge in [-0.15, -0.1) is 11.8 Å². The van der Waals surface area contributed by atoms with Crippen molar-refractivity contribution in [1.82, 2.24) is 9.47 Å². The Hall–Kier alpha value is -2.93. The molecular weight excluding hydrogens is 374 g/mol. The van der Waals surface area contributed by atoms with E-state index in [2.05, 4.69) is 5.32 Å². The standard InChI is InChI=1S/C21H21N3O3S/c1-23-11-10-16-17(4-3-5-18(16)23)21(26)24-13-28-12-19(24)20(25)22-14-6-8-15(27-2)9-7-14/h3-11,19H,12-13H2,1-2H3,(H,22,25). The van der Waals surface area contributed by atoms with Crippen molar-refractivity contribution < 1.29 is 14.3 Å². The Morgan fingerprint density at radius 2 is 1.93 bits per heavy atom. The van der Waals surface area contributed by atoms with Crippen LogP contribution in [0.1, 0.15) is 10.4 Å². The summed E-state index contributed by atoms with van der Waals surface area (Å²) in [6.07, 6.45) is 1.94. The first-order valence-electron chi connectivity index (χ1n) is 8.96. The van der Waals surface area contributed by atoms with Crippen LogP contribution in [0.5, 0.6) is 5.75 Å². The monoisotopic (exact) mass is 395 g/mol. The third-order valence-electron chi connectivity index (χ3n) is 4.96. The summed E-state index contributed by atoms with van der Waals surface area (Å²) in [6, 6.07) is 14.3. The number of nitrogens with one attached hydrogen (secondary N) is 1. The molecule has 3 aromatic rings. The van der Waals surface area contributed by atoms with Crippen LogP contribution in [-0.4, -0.2) is 46.1 Å². The number of aryl methyl sites for hydroxylation is 1. The first-order valence-corrected chi connectivity index (χ1v) is 10.1.